The zero-order valence-corrected chi connectivity index (χ0v) is 8.18. The molecule has 1 nitrogen and oxygen atoms in total. The molecule has 0 radical (unpaired) electrons. The monoisotopic (exact) mass is 232 g/mol. The standard InChI is InChI=1S/C9H10BrFO/c10-5-4-8-2-1-3-9(6-8)12-7-11/h1-3,6H,4-5,7H2. The third-order valence-corrected chi connectivity index (χ3v) is 1.90. The van der Waals surface area contributed by atoms with Crippen molar-refractivity contribution in [2.24, 2.45) is 0 Å². The smallest absolute Gasteiger partial charge is 0.228 e. The van der Waals surface area contributed by atoms with Crippen LogP contribution in [0.4, 0.5) is 4.39 Å². The maximum Gasteiger partial charge on any atom is 0.228 e. The number of halogens is 2. The van der Waals surface area contributed by atoms with Gasteiger partial charge in [0.2, 0.25) is 6.86 Å². The van der Waals surface area contributed by atoms with Crippen LogP contribution in [-0.2, 0) is 6.42 Å². The molecule has 12 heavy (non-hydrogen) atoms. The molecule has 0 fully saturated rings. The van der Waals surface area contributed by atoms with Gasteiger partial charge in [0.15, 0.2) is 0 Å². The van der Waals surface area contributed by atoms with Crippen molar-refractivity contribution in [3.63, 3.8) is 0 Å². The Morgan fingerprint density at radius 1 is 1.42 bits per heavy atom. The maximum absolute atomic E-state index is 11.8. The second-order valence-electron chi connectivity index (χ2n) is 2.34. The van der Waals surface area contributed by atoms with Crippen LogP contribution in [0, 0.1) is 0 Å². The lowest BCUT2D eigenvalue weighted by molar-refractivity contribution is 0.191. The van der Waals surface area contributed by atoms with Crippen molar-refractivity contribution in [3.8, 4) is 5.75 Å². The first kappa shape index (κ1) is 9.52. The average molecular weight is 233 g/mol. The minimum atomic E-state index is -0.766. The minimum absolute atomic E-state index is 0.593. The highest BCUT2D eigenvalue weighted by Crippen LogP contribution is 2.14. The fourth-order valence-corrected chi connectivity index (χ4v) is 1.42. The molecule has 0 atom stereocenters. The predicted molar refractivity (Wildman–Crippen MR) is 50.5 cm³/mol. The summed E-state index contributed by atoms with van der Waals surface area (Å²) in [6.07, 6.45) is 0.934. The molecule has 0 saturated heterocycles. The van der Waals surface area contributed by atoms with E-state index in [2.05, 4.69) is 15.9 Å². The summed E-state index contributed by atoms with van der Waals surface area (Å²) in [5.74, 6) is 0.593. The molecule has 1 aromatic carbocycles. The van der Waals surface area contributed by atoms with Gasteiger partial charge in [-0.25, -0.2) is 4.39 Å². The molecule has 0 N–H and O–H groups in total. The Kier molecular flexibility index (Phi) is 4.08. The molecule has 66 valence electrons. The van der Waals surface area contributed by atoms with E-state index in [1.807, 2.05) is 18.2 Å². The molecule has 1 rings (SSSR count). The molecule has 1 aromatic rings. The Balaban J connectivity index is 2.67. The maximum atomic E-state index is 11.8. The second kappa shape index (κ2) is 5.14. The normalized spacial score (nSPS) is 9.83. The first-order chi connectivity index (χ1) is 5.86. The van der Waals surface area contributed by atoms with Gasteiger partial charge in [0.1, 0.15) is 5.75 Å². The van der Waals surface area contributed by atoms with Gasteiger partial charge >= 0.3 is 0 Å². The highest BCUT2D eigenvalue weighted by Gasteiger charge is 1.95. The van der Waals surface area contributed by atoms with E-state index in [1.54, 1.807) is 6.07 Å². The summed E-state index contributed by atoms with van der Waals surface area (Å²) in [5.41, 5.74) is 1.15. The summed E-state index contributed by atoms with van der Waals surface area (Å²) in [7, 11) is 0. The van der Waals surface area contributed by atoms with E-state index in [-0.39, 0.29) is 0 Å². The predicted octanol–water partition coefficient (Wildman–Crippen LogP) is 2.93. The Bertz CT molecular complexity index is 218. The number of aryl methyl sites for hydroxylation is 1. The lowest BCUT2D eigenvalue weighted by Crippen LogP contribution is -1.91. The van der Waals surface area contributed by atoms with Crippen LogP contribution < -0.4 is 4.74 Å². The van der Waals surface area contributed by atoms with Crippen molar-refractivity contribution >= 4 is 15.9 Å². The molecule has 0 unspecified atom stereocenters. The van der Waals surface area contributed by atoms with Crippen LogP contribution in [0.1, 0.15) is 5.56 Å². The number of hydrogen-bond donors (Lipinski definition) is 0. The van der Waals surface area contributed by atoms with Crippen LogP contribution in [0.15, 0.2) is 24.3 Å². The summed E-state index contributed by atoms with van der Waals surface area (Å²) < 4.78 is 16.5. The van der Waals surface area contributed by atoms with Crippen molar-refractivity contribution in [1.29, 1.82) is 0 Å². The van der Waals surface area contributed by atoms with Crippen molar-refractivity contribution in [3.05, 3.63) is 29.8 Å². The summed E-state index contributed by atoms with van der Waals surface area (Å²) in [6.45, 7) is -0.766. The highest BCUT2D eigenvalue weighted by atomic mass is 79.9. The summed E-state index contributed by atoms with van der Waals surface area (Å²) in [4.78, 5) is 0. The van der Waals surface area contributed by atoms with Gasteiger partial charge in [-0.1, -0.05) is 28.1 Å². The van der Waals surface area contributed by atoms with Gasteiger partial charge in [0, 0.05) is 5.33 Å². The molecule has 0 aliphatic carbocycles. The molecular weight excluding hydrogens is 223 g/mol. The fraction of sp³-hybridized carbons (Fsp3) is 0.333. The van der Waals surface area contributed by atoms with Crippen LogP contribution in [0.25, 0.3) is 0 Å². The Hall–Kier alpha value is -0.570. The lowest BCUT2D eigenvalue weighted by Gasteiger charge is -2.02. The molecule has 0 spiro atoms. The highest BCUT2D eigenvalue weighted by molar-refractivity contribution is 9.09. The molecule has 3 heteroatoms. The van der Waals surface area contributed by atoms with E-state index in [0.717, 1.165) is 17.3 Å². The Labute approximate surface area is 79.7 Å². The lowest BCUT2D eigenvalue weighted by atomic mass is 10.2. The summed E-state index contributed by atoms with van der Waals surface area (Å²) in [6, 6.07) is 7.45. The van der Waals surface area contributed by atoms with E-state index in [9.17, 15) is 4.39 Å². The van der Waals surface area contributed by atoms with Crippen molar-refractivity contribution in [2.45, 2.75) is 6.42 Å². The van der Waals surface area contributed by atoms with Crippen LogP contribution >= 0.6 is 15.9 Å². The zero-order valence-electron chi connectivity index (χ0n) is 6.59. The molecule has 0 saturated carbocycles. The number of benzene rings is 1. The summed E-state index contributed by atoms with van der Waals surface area (Å²) >= 11 is 3.33. The molecule has 0 aromatic heterocycles. The third kappa shape index (κ3) is 2.81. The molecule has 0 amide bonds. The van der Waals surface area contributed by atoms with Gasteiger partial charge in [-0.2, -0.15) is 0 Å². The molecule has 0 aliphatic rings. The number of ether oxygens (including phenoxy) is 1. The third-order valence-electron chi connectivity index (χ3n) is 1.50. The average Bonchev–Trinajstić information content (AvgIpc) is 2.06. The first-order valence-corrected chi connectivity index (χ1v) is 4.82. The Morgan fingerprint density at radius 3 is 2.92 bits per heavy atom. The van der Waals surface area contributed by atoms with Gasteiger partial charge in [0.25, 0.3) is 0 Å². The fourth-order valence-electron chi connectivity index (χ4n) is 0.963. The van der Waals surface area contributed by atoms with Gasteiger partial charge in [0.05, 0.1) is 0 Å². The SMILES string of the molecule is FCOc1cccc(CCBr)c1. The molecular formula is C9H10BrFO. The van der Waals surface area contributed by atoms with Crippen molar-refractivity contribution in [1.82, 2.24) is 0 Å². The van der Waals surface area contributed by atoms with Crippen LogP contribution in [-0.4, -0.2) is 12.2 Å². The van der Waals surface area contributed by atoms with Gasteiger partial charge < -0.3 is 4.74 Å². The Morgan fingerprint density at radius 2 is 2.25 bits per heavy atom. The topological polar surface area (TPSA) is 9.23 Å². The molecule has 0 bridgehead atoms. The van der Waals surface area contributed by atoms with Gasteiger partial charge in [-0.05, 0) is 24.1 Å². The quantitative estimate of drug-likeness (QED) is 0.726. The molecule has 0 aliphatic heterocycles. The van der Waals surface area contributed by atoms with Crippen LogP contribution in [0.2, 0.25) is 0 Å². The second-order valence-corrected chi connectivity index (χ2v) is 3.13. The zero-order chi connectivity index (χ0) is 8.81. The van der Waals surface area contributed by atoms with Crippen LogP contribution in [0.5, 0.6) is 5.75 Å². The van der Waals surface area contributed by atoms with E-state index < -0.39 is 6.86 Å². The van der Waals surface area contributed by atoms with E-state index in [0.29, 0.717) is 5.75 Å². The largest absolute Gasteiger partial charge is 0.463 e. The van der Waals surface area contributed by atoms with E-state index >= 15 is 0 Å². The number of rotatable bonds is 4. The molecule has 0 heterocycles. The van der Waals surface area contributed by atoms with Crippen molar-refractivity contribution < 1.29 is 9.13 Å². The van der Waals surface area contributed by atoms with E-state index in [1.165, 1.54) is 0 Å². The van der Waals surface area contributed by atoms with Crippen molar-refractivity contribution in [2.75, 3.05) is 12.2 Å². The van der Waals surface area contributed by atoms with Crippen LogP contribution in [0.3, 0.4) is 0 Å². The first-order valence-electron chi connectivity index (χ1n) is 3.70. The van der Waals surface area contributed by atoms with E-state index in [4.69, 9.17) is 4.74 Å². The van der Waals surface area contributed by atoms with Gasteiger partial charge in [-0.15, -0.1) is 0 Å². The van der Waals surface area contributed by atoms with Gasteiger partial charge in [-0.3, -0.25) is 0 Å². The minimum Gasteiger partial charge on any atom is -0.463 e. The number of alkyl halides is 2. The number of hydrogen-bond acceptors (Lipinski definition) is 1. The summed E-state index contributed by atoms with van der Waals surface area (Å²) in [5, 5.41) is 0.909.